The van der Waals surface area contributed by atoms with Crippen LogP contribution < -0.4 is 0 Å². The first-order chi connectivity index (χ1) is 11.3. The lowest BCUT2D eigenvalue weighted by atomic mass is 9.75. The van der Waals surface area contributed by atoms with E-state index in [1.165, 1.54) is 0 Å². The van der Waals surface area contributed by atoms with Crippen LogP contribution in [0.2, 0.25) is 0 Å². The van der Waals surface area contributed by atoms with E-state index in [2.05, 4.69) is 90.1 Å². The maximum absolute atomic E-state index is 6.52. The van der Waals surface area contributed by atoms with Gasteiger partial charge in [0.1, 0.15) is 11.2 Å². The van der Waals surface area contributed by atoms with Gasteiger partial charge < -0.3 is 9.47 Å². The van der Waals surface area contributed by atoms with Crippen molar-refractivity contribution in [3.8, 4) is 0 Å². The summed E-state index contributed by atoms with van der Waals surface area (Å²) in [6.07, 6.45) is 0.156. The zero-order valence-electron chi connectivity index (χ0n) is 15.7. The molecule has 0 spiro atoms. The maximum atomic E-state index is 6.52. The molecule has 24 heavy (non-hydrogen) atoms. The van der Waals surface area contributed by atoms with Crippen molar-refractivity contribution < 1.29 is 9.47 Å². The Bertz CT molecular complexity index is 563. The van der Waals surface area contributed by atoms with Crippen LogP contribution in [0, 0.1) is 0 Å². The number of ether oxygens (including phenoxy) is 2. The molecule has 0 radical (unpaired) electrons. The zero-order chi connectivity index (χ0) is 17.8. The molecule has 0 bridgehead atoms. The Kier molecular flexibility index (Phi) is 5.84. The van der Waals surface area contributed by atoms with E-state index in [0.29, 0.717) is 0 Å². The van der Waals surface area contributed by atoms with Crippen LogP contribution in [0.4, 0.5) is 0 Å². The first-order valence-electron chi connectivity index (χ1n) is 8.76. The van der Waals surface area contributed by atoms with Crippen molar-refractivity contribution in [1.82, 2.24) is 0 Å². The van der Waals surface area contributed by atoms with Crippen LogP contribution >= 0.6 is 0 Å². The largest absolute Gasteiger partial charge is 0.365 e. The van der Waals surface area contributed by atoms with E-state index in [0.717, 1.165) is 11.1 Å². The Labute approximate surface area is 146 Å². The van der Waals surface area contributed by atoms with Gasteiger partial charge in [0, 0.05) is 0 Å². The molecule has 0 saturated carbocycles. The van der Waals surface area contributed by atoms with Crippen LogP contribution in [0.3, 0.4) is 0 Å². The normalized spacial score (nSPS) is 16.8. The Morgan fingerprint density at radius 1 is 0.583 bits per heavy atom. The average Bonchev–Trinajstić information content (AvgIpc) is 2.55. The molecule has 0 aliphatic rings. The maximum Gasteiger partial charge on any atom is 0.123 e. The highest BCUT2D eigenvalue weighted by Gasteiger charge is 2.50. The molecule has 2 heteroatoms. The van der Waals surface area contributed by atoms with Gasteiger partial charge in [0.25, 0.3) is 0 Å². The minimum atomic E-state index is -0.617. The third kappa shape index (κ3) is 3.71. The molecule has 2 rings (SSSR count). The van der Waals surface area contributed by atoms with Gasteiger partial charge in [-0.1, -0.05) is 60.7 Å². The van der Waals surface area contributed by atoms with Crippen molar-refractivity contribution in [2.75, 3.05) is 0 Å². The SMILES string of the molecule is CC(C)OC(C)(c1ccccc1)C(C)(OC(C)C)c1ccccc1. The van der Waals surface area contributed by atoms with Crippen LogP contribution in [0.25, 0.3) is 0 Å². The van der Waals surface area contributed by atoms with Gasteiger partial charge in [0.2, 0.25) is 0 Å². The molecule has 0 saturated heterocycles. The van der Waals surface area contributed by atoms with Gasteiger partial charge in [0.05, 0.1) is 12.2 Å². The van der Waals surface area contributed by atoms with Gasteiger partial charge in [0.15, 0.2) is 0 Å². The van der Waals surface area contributed by atoms with Crippen LogP contribution in [0.1, 0.15) is 52.7 Å². The molecular formula is C22H30O2. The van der Waals surface area contributed by atoms with E-state index in [9.17, 15) is 0 Å². The molecule has 2 atom stereocenters. The van der Waals surface area contributed by atoms with Crippen LogP contribution in [0.15, 0.2) is 60.7 Å². The quantitative estimate of drug-likeness (QED) is 0.653. The summed E-state index contributed by atoms with van der Waals surface area (Å²) in [4.78, 5) is 0. The zero-order valence-corrected chi connectivity index (χ0v) is 15.7. The molecular weight excluding hydrogens is 296 g/mol. The molecule has 2 aromatic carbocycles. The average molecular weight is 326 g/mol. The molecule has 2 nitrogen and oxygen atoms in total. The third-order valence-electron chi connectivity index (χ3n) is 4.50. The van der Waals surface area contributed by atoms with Gasteiger partial charge in [-0.2, -0.15) is 0 Å². The Morgan fingerprint density at radius 3 is 1.12 bits per heavy atom. The van der Waals surface area contributed by atoms with E-state index in [-0.39, 0.29) is 12.2 Å². The lowest BCUT2D eigenvalue weighted by Crippen LogP contribution is -2.51. The fourth-order valence-electron chi connectivity index (χ4n) is 3.37. The predicted molar refractivity (Wildman–Crippen MR) is 100 cm³/mol. The van der Waals surface area contributed by atoms with Gasteiger partial charge in [-0.3, -0.25) is 0 Å². The van der Waals surface area contributed by atoms with Crippen molar-refractivity contribution in [2.45, 2.75) is 65.0 Å². The summed E-state index contributed by atoms with van der Waals surface area (Å²) in [6.45, 7) is 12.6. The standard InChI is InChI=1S/C22H30O2/c1-17(2)23-21(5,19-13-9-7-10-14-19)22(6,24-18(3)4)20-15-11-8-12-16-20/h7-18H,1-6H3. The van der Waals surface area contributed by atoms with E-state index in [1.54, 1.807) is 0 Å². The van der Waals surface area contributed by atoms with Crippen molar-refractivity contribution in [1.29, 1.82) is 0 Å². The summed E-state index contributed by atoms with van der Waals surface area (Å²) >= 11 is 0. The lowest BCUT2D eigenvalue weighted by Gasteiger charge is -2.48. The van der Waals surface area contributed by atoms with Crippen LogP contribution in [-0.4, -0.2) is 12.2 Å². The number of hydrogen-bond donors (Lipinski definition) is 0. The topological polar surface area (TPSA) is 18.5 Å². The third-order valence-corrected chi connectivity index (χ3v) is 4.50. The van der Waals surface area contributed by atoms with Crippen molar-refractivity contribution >= 4 is 0 Å². The summed E-state index contributed by atoms with van der Waals surface area (Å²) in [5.41, 5.74) is 0.999. The Hall–Kier alpha value is -1.64. The van der Waals surface area contributed by atoms with Gasteiger partial charge in [-0.05, 0) is 52.7 Å². The van der Waals surface area contributed by atoms with Crippen molar-refractivity contribution in [3.63, 3.8) is 0 Å². The van der Waals surface area contributed by atoms with E-state index in [1.807, 2.05) is 12.1 Å². The molecule has 0 amide bonds. The van der Waals surface area contributed by atoms with Crippen molar-refractivity contribution in [3.05, 3.63) is 71.8 Å². The highest BCUT2D eigenvalue weighted by molar-refractivity contribution is 5.33. The molecule has 2 unspecified atom stereocenters. The van der Waals surface area contributed by atoms with Gasteiger partial charge in [-0.25, -0.2) is 0 Å². The van der Waals surface area contributed by atoms with Gasteiger partial charge >= 0.3 is 0 Å². The highest BCUT2D eigenvalue weighted by atomic mass is 16.6. The molecule has 0 aliphatic carbocycles. The minimum Gasteiger partial charge on any atom is -0.365 e. The summed E-state index contributed by atoms with van der Waals surface area (Å²) < 4.78 is 13.0. The summed E-state index contributed by atoms with van der Waals surface area (Å²) in [5.74, 6) is 0. The fourth-order valence-corrected chi connectivity index (χ4v) is 3.37. The first kappa shape index (κ1) is 18.7. The van der Waals surface area contributed by atoms with E-state index < -0.39 is 11.2 Å². The van der Waals surface area contributed by atoms with Gasteiger partial charge in [-0.15, -0.1) is 0 Å². The molecule has 0 N–H and O–H groups in total. The minimum absolute atomic E-state index is 0.0778. The first-order valence-corrected chi connectivity index (χ1v) is 8.76. The lowest BCUT2D eigenvalue weighted by molar-refractivity contribution is -0.233. The smallest absolute Gasteiger partial charge is 0.123 e. The second kappa shape index (κ2) is 7.50. The van der Waals surface area contributed by atoms with Crippen LogP contribution in [0.5, 0.6) is 0 Å². The second-order valence-corrected chi connectivity index (χ2v) is 7.13. The molecule has 0 heterocycles. The fraction of sp³-hybridized carbons (Fsp3) is 0.455. The number of rotatable bonds is 7. The van der Waals surface area contributed by atoms with E-state index >= 15 is 0 Å². The number of benzene rings is 2. The summed E-state index contributed by atoms with van der Waals surface area (Å²) in [7, 11) is 0. The summed E-state index contributed by atoms with van der Waals surface area (Å²) in [5, 5.41) is 0. The van der Waals surface area contributed by atoms with Crippen molar-refractivity contribution in [2.24, 2.45) is 0 Å². The molecule has 0 aliphatic heterocycles. The molecule has 2 aromatic rings. The van der Waals surface area contributed by atoms with Crippen LogP contribution in [-0.2, 0) is 20.7 Å². The molecule has 130 valence electrons. The molecule has 0 fully saturated rings. The monoisotopic (exact) mass is 326 g/mol. The molecule has 0 aromatic heterocycles. The predicted octanol–water partition coefficient (Wildman–Crippen LogP) is 5.67. The summed E-state index contributed by atoms with van der Waals surface area (Å²) in [6, 6.07) is 20.7. The Balaban J connectivity index is 2.65. The second-order valence-electron chi connectivity index (χ2n) is 7.13. The Morgan fingerprint density at radius 2 is 0.875 bits per heavy atom. The highest BCUT2D eigenvalue weighted by Crippen LogP contribution is 2.47. The number of hydrogen-bond acceptors (Lipinski definition) is 2. The van der Waals surface area contributed by atoms with E-state index in [4.69, 9.17) is 9.47 Å².